The van der Waals surface area contributed by atoms with Crippen molar-refractivity contribution in [3.05, 3.63) is 10.1 Å². The van der Waals surface area contributed by atoms with Gasteiger partial charge < -0.3 is 19.7 Å². The number of carbonyl (C=O) groups excluding carboxylic acids is 1. The number of Topliss-reactive ketones (excluding diaryl/α,β-unsaturated/α-hetero) is 1. The van der Waals surface area contributed by atoms with E-state index in [0.29, 0.717) is 13.0 Å². The molecule has 0 bridgehead atoms. The average Bonchev–Trinajstić information content (AvgIpc) is 2.42. The highest BCUT2D eigenvalue weighted by molar-refractivity contribution is 6.32. The lowest BCUT2D eigenvalue weighted by molar-refractivity contribution is -0.757. The Kier molecular flexibility index (Phi) is 6.88. The van der Waals surface area contributed by atoms with Crippen LogP contribution in [0.25, 0.3) is 0 Å². The Hall–Kier alpha value is -1.74. The van der Waals surface area contributed by atoms with Gasteiger partial charge in [-0.15, -0.1) is 10.1 Å². The van der Waals surface area contributed by atoms with Gasteiger partial charge in [-0.2, -0.15) is 0 Å². The molecule has 0 aliphatic carbocycles. The monoisotopic (exact) mass is 289 g/mol. The van der Waals surface area contributed by atoms with Gasteiger partial charge in [-0.3, -0.25) is 4.79 Å². The van der Waals surface area contributed by atoms with Crippen LogP contribution in [0.4, 0.5) is 0 Å². The summed E-state index contributed by atoms with van der Waals surface area (Å²) in [7, 11) is 0. The minimum absolute atomic E-state index is 0.0337. The van der Waals surface area contributed by atoms with Crippen molar-refractivity contribution < 1.29 is 24.6 Å². The summed E-state index contributed by atoms with van der Waals surface area (Å²) in [4.78, 5) is 39.8. The molecule has 1 N–H and O–H groups in total. The van der Waals surface area contributed by atoms with E-state index in [-0.39, 0.29) is 13.0 Å². The third-order valence-electron chi connectivity index (χ3n) is 3.17. The molecule has 0 spiro atoms. The molecule has 0 saturated carbocycles. The summed E-state index contributed by atoms with van der Waals surface area (Å²) in [5, 5.41) is 17.6. The molecule has 1 aliphatic rings. The van der Waals surface area contributed by atoms with Crippen LogP contribution in [0.2, 0.25) is 0 Å². The zero-order valence-electron chi connectivity index (χ0n) is 11.2. The van der Waals surface area contributed by atoms with Gasteiger partial charge in [-0.05, 0) is 6.42 Å². The number of rotatable bonds is 9. The Morgan fingerprint density at radius 1 is 1.15 bits per heavy atom. The quantitative estimate of drug-likeness (QED) is 0.255. The molecule has 1 fully saturated rings. The summed E-state index contributed by atoms with van der Waals surface area (Å²) in [6.45, 7) is 4.44. The largest absolute Gasteiger partial charge is 0.476 e. The van der Waals surface area contributed by atoms with E-state index < -0.39 is 16.8 Å². The summed E-state index contributed by atoms with van der Waals surface area (Å²) in [5.74, 6) is -2.14. The van der Waals surface area contributed by atoms with E-state index in [9.17, 15) is 19.7 Å². The van der Waals surface area contributed by atoms with Crippen LogP contribution in [-0.4, -0.2) is 77.6 Å². The highest BCUT2D eigenvalue weighted by Gasteiger charge is 2.18. The lowest BCUT2D eigenvalue weighted by Gasteiger charge is -2.34. The van der Waals surface area contributed by atoms with E-state index >= 15 is 0 Å². The molecule has 1 saturated heterocycles. The van der Waals surface area contributed by atoms with E-state index in [1.54, 1.807) is 0 Å². The zero-order chi connectivity index (χ0) is 15.0. The predicted octanol–water partition coefficient (Wildman–Crippen LogP) is -0.754. The molecule has 1 aliphatic heterocycles. The van der Waals surface area contributed by atoms with Crippen LogP contribution in [0.1, 0.15) is 12.8 Å². The third kappa shape index (κ3) is 6.43. The SMILES string of the molecule is O=C(O)C(=O)CCN1CCN(CCCO[N+](=O)[O-])CC1. The van der Waals surface area contributed by atoms with Gasteiger partial charge in [0.1, 0.15) is 0 Å². The van der Waals surface area contributed by atoms with Crippen molar-refractivity contribution in [2.45, 2.75) is 12.8 Å². The van der Waals surface area contributed by atoms with Crippen molar-refractivity contribution >= 4 is 11.8 Å². The van der Waals surface area contributed by atoms with E-state index in [0.717, 1.165) is 32.7 Å². The molecule has 0 unspecified atom stereocenters. The summed E-state index contributed by atoms with van der Waals surface area (Å²) < 4.78 is 0. The zero-order valence-corrected chi connectivity index (χ0v) is 11.2. The molecule has 1 heterocycles. The highest BCUT2D eigenvalue weighted by Crippen LogP contribution is 2.03. The van der Waals surface area contributed by atoms with Gasteiger partial charge in [0, 0.05) is 45.7 Å². The van der Waals surface area contributed by atoms with Crippen LogP contribution in [0.3, 0.4) is 0 Å². The molecule has 20 heavy (non-hydrogen) atoms. The number of carboxylic acids is 1. The topological polar surface area (TPSA) is 113 Å². The van der Waals surface area contributed by atoms with Crippen molar-refractivity contribution in [3.63, 3.8) is 0 Å². The first-order chi connectivity index (χ1) is 9.49. The lowest BCUT2D eigenvalue weighted by Crippen LogP contribution is -2.47. The van der Waals surface area contributed by atoms with Crippen molar-refractivity contribution in [1.29, 1.82) is 0 Å². The number of carbonyl (C=O) groups is 2. The van der Waals surface area contributed by atoms with Crippen molar-refractivity contribution in [3.8, 4) is 0 Å². The number of hydrogen-bond acceptors (Lipinski definition) is 7. The number of carboxylic acid groups (broad SMARTS) is 1. The fourth-order valence-electron chi connectivity index (χ4n) is 2.03. The number of nitrogens with zero attached hydrogens (tertiary/aromatic N) is 3. The van der Waals surface area contributed by atoms with Gasteiger partial charge in [-0.25, -0.2) is 4.79 Å². The Morgan fingerprint density at radius 2 is 1.70 bits per heavy atom. The maximum atomic E-state index is 11.0. The molecule has 0 aromatic carbocycles. The van der Waals surface area contributed by atoms with Crippen molar-refractivity contribution in [1.82, 2.24) is 9.80 Å². The maximum Gasteiger partial charge on any atom is 0.372 e. The minimum atomic E-state index is -1.38. The van der Waals surface area contributed by atoms with Crippen LogP contribution in [-0.2, 0) is 14.4 Å². The second kappa shape index (κ2) is 8.43. The first kappa shape index (κ1) is 16.3. The summed E-state index contributed by atoms with van der Waals surface area (Å²) >= 11 is 0. The van der Waals surface area contributed by atoms with Crippen molar-refractivity contribution in [2.75, 3.05) is 45.9 Å². The Labute approximate surface area is 116 Å². The van der Waals surface area contributed by atoms with Gasteiger partial charge >= 0.3 is 5.97 Å². The molecule has 0 aromatic heterocycles. The molecule has 0 aromatic rings. The smallest absolute Gasteiger partial charge is 0.372 e. The standard InChI is InChI=1S/C11H19N3O6/c15-10(11(16)17)2-4-13-7-5-12(6-8-13)3-1-9-20-14(18)19/h1-9H2,(H,16,17). The molecule has 114 valence electrons. The normalized spacial score (nSPS) is 16.8. The highest BCUT2D eigenvalue weighted by atomic mass is 16.9. The van der Waals surface area contributed by atoms with Crippen molar-refractivity contribution in [2.24, 2.45) is 0 Å². The van der Waals surface area contributed by atoms with Gasteiger partial charge in [0.05, 0.1) is 6.61 Å². The fourth-order valence-corrected chi connectivity index (χ4v) is 2.03. The van der Waals surface area contributed by atoms with Crippen LogP contribution in [0.5, 0.6) is 0 Å². The van der Waals surface area contributed by atoms with E-state index in [2.05, 4.69) is 9.74 Å². The number of piperazine rings is 1. The van der Waals surface area contributed by atoms with Crippen LogP contribution < -0.4 is 0 Å². The number of ketones is 1. The number of aliphatic carboxylic acids is 1. The van der Waals surface area contributed by atoms with E-state index in [1.807, 2.05) is 4.90 Å². The molecular weight excluding hydrogens is 270 g/mol. The van der Waals surface area contributed by atoms with Crippen LogP contribution >= 0.6 is 0 Å². The first-order valence-electron chi connectivity index (χ1n) is 6.47. The molecule has 0 amide bonds. The molecule has 0 atom stereocenters. The lowest BCUT2D eigenvalue weighted by atomic mass is 10.2. The maximum absolute atomic E-state index is 11.0. The van der Waals surface area contributed by atoms with Gasteiger partial charge in [0.2, 0.25) is 5.78 Å². The molecule has 1 rings (SSSR count). The van der Waals surface area contributed by atoms with Gasteiger partial charge in [0.15, 0.2) is 0 Å². The number of hydrogen-bond donors (Lipinski definition) is 1. The van der Waals surface area contributed by atoms with Gasteiger partial charge in [-0.1, -0.05) is 0 Å². The average molecular weight is 289 g/mol. The van der Waals surface area contributed by atoms with Gasteiger partial charge in [0.25, 0.3) is 5.09 Å². The fraction of sp³-hybridized carbons (Fsp3) is 0.818. The molecule has 0 radical (unpaired) electrons. The van der Waals surface area contributed by atoms with Crippen LogP contribution in [0, 0.1) is 10.1 Å². The van der Waals surface area contributed by atoms with Crippen LogP contribution in [0.15, 0.2) is 0 Å². The Bertz CT molecular complexity index is 354. The van der Waals surface area contributed by atoms with E-state index in [1.165, 1.54) is 0 Å². The summed E-state index contributed by atoms with van der Waals surface area (Å²) in [6, 6.07) is 0. The molecule has 9 nitrogen and oxygen atoms in total. The molecule has 9 heteroatoms. The Balaban J connectivity index is 2.09. The second-order valence-electron chi connectivity index (χ2n) is 4.57. The first-order valence-corrected chi connectivity index (χ1v) is 6.47. The summed E-state index contributed by atoms with van der Waals surface area (Å²) in [6.07, 6.45) is 0.629. The second-order valence-corrected chi connectivity index (χ2v) is 4.57. The van der Waals surface area contributed by atoms with E-state index in [4.69, 9.17) is 5.11 Å². The predicted molar refractivity (Wildman–Crippen MR) is 67.7 cm³/mol. The Morgan fingerprint density at radius 3 is 2.20 bits per heavy atom. The molecular formula is C11H19N3O6. The minimum Gasteiger partial charge on any atom is -0.476 e. The summed E-state index contributed by atoms with van der Waals surface area (Å²) in [5.41, 5.74) is 0. The third-order valence-corrected chi connectivity index (χ3v) is 3.17.